The van der Waals surface area contributed by atoms with Gasteiger partial charge in [-0.05, 0) is 32.3 Å². The number of rotatable bonds is 5. The second-order valence-corrected chi connectivity index (χ2v) is 8.54. The number of benzene rings is 1. The van der Waals surface area contributed by atoms with E-state index >= 15 is 0 Å². The van der Waals surface area contributed by atoms with E-state index in [2.05, 4.69) is 22.7 Å². The molecule has 1 N–H and O–H groups in total. The molecule has 1 aliphatic rings. The maximum absolute atomic E-state index is 11.9. The first-order valence-corrected chi connectivity index (χ1v) is 9.34. The first-order chi connectivity index (χ1) is 9.97. The number of aryl methyl sites for hydroxylation is 2. The smallest absolute Gasteiger partial charge is 0.214 e. The largest absolute Gasteiger partial charge is 0.241 e. The fourth-order valence-corrected chi connectivity index (χ4v) is 4.70. The zero-order chi connectivity index (χ0) is 15.0. The average Bonchev–Trinajstić information content (AvgIpc) is 3.23. The molecule has 0 bridgehead atoms. The minimum Gasteiger partial charge on any atom is -0.241 e. The molecular weight excluding hydrogens is 304 g/mol. The van der Waals surface area contributed by atoms with Gasteiger partial charge in [0.25, 0.3) is 0 Å². The number of thiazole rings is 1. The molecule has 6 heteroatoms. The summed E-state index contributed by atoms with van der Waals surface area (Å²) in [5, 5.41) is 0.771. The summed E-state index contributed by atoms with van der Waals surface area (Å²) in [5.41, 5.74) is 3.19. The zero-order valence-corrected chi connectivity index (χ0v) is 13.7. The molecular formula is C15H18N2O2S2. The van der Waals surface area contributed by atoms with Crippen LogP contribution in [-0.4, -0.2) is 18.7 Å². The summed E-state index contributed by atoms with van der Waals surface area (Å²) >= 11 is 1.56. The highest BCUT2D eigenvalue weighted by atomic mass is 32.2. The molecule has 0 unspecified atom stereocenters. The maximum Gasteiger partial charge on any atom is 0.214 e. The van der Waals surface area contributed by atoms with E-state index in [1.165, 1.54) is 5.56 Å². The lowest BCUT2D eigenvalue weighted by Gasteiger charge is -2.03. The van der Waals surface area contributed by atoms with E-state index < -0.39 is 10.0 Å². The van der Waals surface area contributed by atoms with E-state index in [0.29, 0.717) is 6.54 Å². The number of nitrogens with zero attached hydrogens (tertiary/aromatic N) is 1. The number of hydrogen-bond donors (Lipinski definition) is 1. The van der Waals surface area contributed by atoms with E-state index in [0.717, 1.165) is 34.0 Å². The first kappa shape index (κ1) is 14.7. The van der Waals surface area contributed by atoms with Gasteiger partial charge in [-0.3, -0.25) is 0 Å². The van der Waals surface area contributed by atoms with Crippen LogP contribution >= 0.6 is 11.3 Å². The van der Waals surface area contributed by atoms with Crippen LogP contribution < -0.4 is 4.72 Å². The lowest BCUT2D eigenvalue weighted by molar-refractivity contribution is 0.580. The van der Waals surface area contributed by atoms with Gasteiger partial charge < -0.3 is 0 Å². The molecule has 1 heterocycles. The van der Waals surface area contributed by atoms with Crippen molar-refractivity contribution in [3.63, 3.8) is 0 Å². The van der Waals surface area contributed by atoms with E-state index in [1.54, 1.807) is 11.3 Å². The Labute approximate surface area is 129 Å². The van der Waals surface area contributed by atoms with Crippen LogP contribution in [-0.2, 0) is 16.6 Å². The fourth-order valence-electron chi connectivity index (χ4n) is 2.18. The summed E-state index contributed by atoms with van der Waals surface area (Å²) in [4.78, 5) is 5.57. The van der Waals surface area contributed by atoms with Crippen molar-refractivity contribution in [1.29, 1.82) is 0 Å². The summed E-state index contributed by atoms with van der Waals surface area (Å²) < 4.78 is 26.5. The number of nitrogens with one attached hydrogen (secondary N) is 1. The summed E-state index contributed by atoms with van der Waals surface area (Å²) in [6, 6.07) is 8.10. The minimum absolute atomic E-state index is 0.179. The third-order valence-electron chi connectivity index (χ3n) is 3.67. The molecule has 21 heavy (non-hydrogen) atoms. The highest BCUT2D eigenvalue weighted by molar-refractivity contribution is 7.90. The van der Waals surface area contributed by atoms with Crippen molar-refractivity contribution in [1.82, 2.24) is 9.71 Å². The Morgan fingerprint density at radius 3 is 2.67 bits per heavy atom. The van der Waals surface area contributed by atoms with Gasteiger partial charge in [-0.1, -0.05) is 24.3 Å². The zero-order valence-electron chi connectivity index (χ0n) is 12.1. The van der Waals surface area contributed by atoms with Gasteiger partial charge in [0.05, 0.1) is 10.9 Å². The topological polar surface area (TPSA) is 59.1 Å². The molecule has 0 radical (unpaired) electrons. The van der Waals surface area contributed by atoms with Crippen molar-refractivity contribution in [3.05, 3.63) is 40.4 Å². The molecule has 0 atom stereocenters. The van der Waals surface area contributed by atoms with Gasteiger partial charge in [-0.15, -0.1) is 11.3 Å². The van der Waals surface area contributed by atoms with Gasteiger partial charge >= 0.3 is 0 Å². The second-order valence-electron chi connectivity index (χ2n) is 5.41. The lowest BCUT2D eigenvalue weighted by atomic mass is 10.1. The third kappa shape index (κ3) is 3.17. The van der Waals surface area contributed by atoms with Gasteiger partial charge in [0.15, 0.2) is 0 Å². The van der Waals surface area contributed by atoms with Crippen LogP contribution in [0.1, 0.15) is 29.0 Å². The molecule has 1 aromatic heterocycles. The Balaban J connectivity index is 1.80. The Hall–Kier alpha value is -1.24. The Morgan fingerprint density at radius 2 is 2.00 bits per heavy atom. The van der Waals surface area contributed by atoms with Gasteiger partial charge in [0.1, 0.15) is 5.01 Å². The standard InChI is InChI=1S/C15H18N2O2S2/c1-10-5-3-4-6-13(10)15-17-11(2)14(20-15)9-16-21(18,19)12-7-8-12/h3-6,12,16H,7-9H2,1-2H3. The maximum atomic E-state index is 11.9. The molecule has 1 saturated carbocycles. The van der Waals surface area contributed by atoms with E-state index in [9.17, 15) is 8.42 Å². The van der Waals surface area contributed by atoms with E-state index in [-0.39, 0.29) is 5.25 Å². The van der Waals surface area contributed by atoms with E-state index in [4.69, 9.17) is 0 Å². The highest BCUT2D eigenvalue weighted by Gasteiger charge is 2.35. The van der Waals surface area contributed by atoms with E-state index in [1.807, 2.05) is 25.1 Å². The van der Waals surface area contributed by atoms with Crippen LogP contribution in [0.4, 0.5) is 0 Å². The van der Waals surface area contributed by atoms with Gasteiger partial charge in [-0.25, -0.2) is 18.1 Å². The van der Waals surface area contributed by atoms with Crippen LogP contribution in [0.15, 0.2) is 24.3 Å². The van der Waals surface area contributed by atoms with Crippen LogP contribution in [0.25, 0.3) is 10.6 Å². The quantitative estimate of drug-likeness (QED) is 0.920. The average molecular weight is 322 g/mol. The van der Waals surface area contributed by atoms with Gasteiger partial charge in [0, 0.05) is 17.0 Å². The third-order valence-corrected chi connectivity index (χ3v) is 6.75. The minimum atomic E-state index is -3.14. The van der Waals surface area contributed by atoms with Crippen molar-refractivity contribution >= 4 is 21.4 Å². The van der Waals surface area contributed by atoms with Gasteiger partial charge in [-0.2, -0.15) is 0 Å². The predicted molar refractivity (Wildman–Crippen MR) is 85.8 cm³/mol. The molecule has 1 fully saturated rings. The summed E-state index contributed by atoms with van der Waals surface area (Å²) in [6.45, 7) is 4.33. The SMILES string of the molecule is Cc1ccccc1-c1nc(C)c(CNS(=O)(=O)C2CC2)s1. The van der Waals surface area contributed by atoms with Crippen molar-refractivity contribution in [2.45, 2.75) is 38.5 Å². The number of aromatic nitrogens is 1. The van der Waals surface area contributed by atoms with Crippen molar-refractivity contribution < 1.29 is 8.42 Å². The Kier molecular flexibility index (Phi) is 3.86. The molecule has 112 valence electrons. The predicted octanol–water partition coefficient (Wildman–Crippen LogP) is 3.01. The molecule has 0 saturated heterocycles. The van der Waals surface area contributed by atoms with Crippen molar-refractivity contribution in [2.24, 2.45) is 0 Å². The summed E-state index contributed by atoms with van der Waals surface area (Å²) in [5.74, 6) is 0. The molecule has 0 spiro atoms. The normalized spacial score (nSPS) is 15.3. The number of hydrogen-bond acceptors (Lipinski definition) is 4. The first-order valence-electron chi connectivity index (χ1n) is 6.98. The highest BCUT2D eigenvalue weighted by Crippen LogP contribution is 2.31. The molecule has 4 nitrogen and oxygen atoms in total. The Bertz CT molecular complexity index is 762. The molecule has 1 aromatic carbocycles. The second kappa shape index (κ2) is 5.51. The molecule has 3 rings (SSSR count). The van der Waals surface area contributed by atoms with Crippen LogP contribution in [0.3, 0.4) is 0 Å². The van der Waals surface area contributed by atoms with Gasteiger partial charge in [0.2, 0.25) is 10.0 Å². The molecule has 2 aromatic rings. The molecule has 1 aliphatic carbocycles. The molecule has 0 aliphatic heterocycles. The monoisotopic (exact) mass is 322 g/mol. The summed E-state index contributed by atoms with van der Waals surface area (Å²) in [7, 11) is -3.14. The summed E-state index contributed by atoms with van der Waals surface area (Å²) in [6.07, 6.45) is 1.57. The van der Waals surface area contributed by atoms with Crippen molar-refractivity contribution in [2.75, 3.05) is 0 Å². The van der Waals surface area contributed by atoms with Crippen LogP contribution in [0, 0.1) is 13.8 Å². The molecule has 0 amide bonds. The lowest BCUT2D eigenvalue weighted by Crippen LogP contribution is -2.26. The Morgan fingerprint density at radius 1 is 1.29 bits per heavy atom. The number of sulfonamides is 1. The fraction of sp³-hybridized carbons (Fsp3) is 0.400. The van der Waals surface area contributed by atoms with Crippen molar-refractivity contribution in [3.8, 4) is 10.6 Å². The van der Waals surface area contributed by atoms with Crippen LogP contribution in [0.2, 0.25) is 0 Å². The van der Waals surface area contributed by atoms with Crippen LogP contribution in [0.5, 0.6) is 0 Å².